The Hall–Kier alpha value is -2.26. The minimum Gasteiger partial charge on any atom is -0.462 e. The molecule has 0 bridgehead atoms. The average Bonchev–Trinajstić information content (AvgIpc) is 2.71. The van der Waals surface area contributed by atoms with Gasteiger partial charge in [-0.05, 0) is 6.92 Å². The Morgan fingerprint density at radius 3 is 1.03 bits per heavy atom. The molecule has 2 nitrogen and oxygen atoms in total. The van der Waals surface area contributed by atoms with Gasteiger partial charge in [0, 0.05) is 5.57 Å². The van der Waals surface area contributed by atoms with Crippen molar-refractivity contribution in [2.24, 2.45) is 0 Å². The zero-order chi connectivity index (χ0) is 32.3. The van der Waals surface area contributed by atoms with Crippen LogP contribution in [-0.4, -0.2) is 72.1 Å². The Balaban J connectivity index is 6.78. The summed E-state index contributed by atoms with van der Waals surface area (Å²) < 4.78 is 281. The first-order chi connectivity index (χ1) is 16.6. The van der Waals surface area contributed by atoms with Crippen LogP contribution in [0.15, 0.2) is 12.2 Å². The van der Waals surface area contributed by atoms with E-state index >= 15 is 0 Å². The molecule has 0 amide bonds. The van der Waals surface area contributed by atoms with Gasteiger partial charge < -0.3 is 4.74 Å². The van der Waals surface area contributed by atoms with Crippen molar-refractivity contribution in [1.82, 2.24) is 0 Å². The molecule has 0 heterocycles. The van der Waals surface area contributed by atoms with Crippen molar-refractivity contribution in [2.75, 3.05) is 6.61 Å². The summed E-state index contributed by atoms with van der Waals surface area (Å²) in [6, 6.07) is 0. The van der Waals surface area contributed by atoms with E-state index in [-0.39, 0.29) is 0 Å². The van der Waals surface area contributed by atoms with Crippen LogP contribution in [0.2, 0.25) is 0 Å². The van der Waals surface area contributed by atoms with E-state index in [4.69, 9.17) is 0 Å². The second kappa shape index (κ2) is 9.68. The summed E-state index contributed by atoms with van der Waals surface area (Å²) in [5.41, 5.74) is -0.683. The highest BCUT2D eigenvalue weighted by atomic mass is 19.4. The highest BCUT2D eigenvalue weighted by molar-refractivity contribution is 5.86. The molecule has 0 aliphatic carbocycles. The molecule has 0 aliphatic rings. The number of halogens is 21. The van der Waals surface area contributed by atoms with E-state index in [1.165, 1.54) is 0 Å². The topological polar surface area (TPSA) is 26.3 Å². The summed E-state index contributed by atoms with van der Waals surface area (Å²) in [4.78, 5) is 10.9. The second-order valence-corrected chi connectivity index (χ2v) is 7.46. The van der Waals surface area contributed by atoms with Crippen molar-refractivity contribution < 1.29 is 102 Å². The van der Waals surface area contributed by atoms with Crippen LogP contribution < -0.4 is 0 Å². The molecule has 0 fully saturated rings. The highest BCUT2D eigenvalue weighted by Gasteiger charge is 2.97. The van der Waals surface area contributed by atoms with E-state index < -0.39 is 84.0 Å². The predicted molar refractivity (Wildman–Crippen MR) is 81.0 cm³/mol. The lowest BCUT2D eigenvalue weighted by Crippen LogP contribution is -2.76. The standard InChI is InChI=1S/C16H9F21O2/c1-5(2)6(38)39-4-3-7(17,18)8(19,20)9(21,22)10(23,24)11(25,26)12(27,28)13(29,30)14(31,32)15(33,34)16(35,36)37/h1,3-4H2,2H3. The lowest BCUT2D eigenvalue weighted by atomic mass is 9.86. The van der Waals surface area contributed by atoms with E-state index in [1.54, 1.807) is 0 Å². The van der Waals surface area contributed by atoms with Crippen molar-refractivity contribution in [3.05, 3.63) is 12.2 Å². The Labute approximate surface area is 200 Å². The summed E-state index contributed by atoms with van der Waals surface area (Å²) >= 11 is 0. The van der Waals surface area contributed by atoms with E-state index in [2.05, 4.69) is 11.3 Å². The Morgan fingerprint density at radius 1 is 0.513 bits per heavy atom. The van der Waals surface area contributed by atoms with E-state index in [0.717, 1.165) is 6.92 Å². The van der Waals surface area contributed by atoms with E-state index in [9.17, 15) is 97.0 Å². The van der Waals surface area contributed by atoms with Crippen molar-refractivity contribution in [3.8, 4) is 0 Å². The van der Waals surface area contributed by atoms with Crippen molar-refractivity contribution >= 4 is 5.97 Å². The van der Waals surface area contributed by atoms with Crippen molar-refractivity contribution in [2.45, 2.75) is 72.8 Å². The third-order valence-electron chi connectivity index (χ3n) is 4.57. The summed E-state index contributed by atoms with van der Waals surface area (Å²) in [6.07, 6.45) is -11.0. The fourth-order valence-corrected chi connectivity index (χ4v) is 2.14. The monoisotopic (exact) mass is 632 g/mol. The van der Waals surface area contributed by atoms with Crippen LogP contribution in [0.25, 0.3) is 0 Å². The molecule has 0 aliphatic heterocycles. The molecular weight excluding hydrogens is 623 g/mol. The molecule has 0 aromatic heterocycles. The average molecular weight is 632 g/mol. The summed E-state index contributed by atoms with van der Waals surface area (Å²) in [5.74, 6) is -79.2. The number of hydrogen-bond donors (Lipinski definition) is 0. The van der Waals surface area contributed by atoms with Crippen LogP contribution in [0, 0.1) is 0 Å². The first kappa shape index (κ1) is 36.7. The molecule has 39 heavy (non-hydrogen) atoms. The van der Waals surface area contributed by atoms with Gasteiger partial charge in [0.05, 0.1) is 13.0 Å². The Kier molecular flexibility index (Phi) is 9.12. The zero-order valence-electron chi connectivity index (χ0n) is 17.9. The summed E-state index contributed by atoms with van der Waals surface area (Å²) in [6.45, 7) is 1.43. The second-order valence-electron chi connectivity index (χ2n) is 7.46. The molecule has 0 unspecified atom stereocenters. The third kappa shape index (κ3) is 5.05. The quantitative estimate of drug-likeness (QED) is 0.125. The molecular formula is C16H9F21O2. The Bertz CT molecular complexity index is 929. The summed E-state index contributed by atoms with van der Waals surface area (Å²) in [7, 11) is 0. The largest absolute Gasteiger partial charge is 0.462 e. The molecule has 0 N–H and O–H groups in total. The number of carbonyl (C=O) groups is 1. The van der Waals surface area contributed by atoms with Crippen molar-refractivity contribution in [3.63, 3.8) is 0 Å². The van der Waals surface area contributed by atoms with E-state index in [0.29, 0.717) is 0 Å². The Morgan fingerprint density at radius 2 is 0.769 bits per heavy atom. The molecule has 0 atom stereocenters. The van der Waals surface area contributed by atoms with Gasteiger partial charge >= 0.3 is 65.4 Å². The fourth-order valence-electron chi connectivity index (χ4n) is 2.14. The molecule has 0 radical (unpaired) electrons. The lowest BCUT2D eigenvalue weighted by Gasteiger charge is -2.44. The number of ether oxygens (including phenoxy) is 1. The van der Waals surface area contributed by atoms with Crippen LogP contribution in [0.3, 0.4) is 0 Å². The highest BCUT2D eigenvalue weighted by Crippen LogP contribution is 2.66. The predicted octanol–water partition coefficient (Wildman–Crippen LogP) is 7.78. The summed E-state index contributed by atoms with van der Waals surface area (Å²) in [5, 5.41) is 0. The van der Waals surface area contributed by atoms with Gasteiger partial charge in [-0.3, -0.25) is 0 Å². The van der Waals surface area contributed by atoms with Gasteiger partial charge in [0.1, 0.15) is 0 Å². The number of hydrogen-bond acceptors (Lipinski definition) is 2. The van der Waals surface area contributed by atoms with Gasteiger partial charge in [0.2, 0.25) is 0 Å². The fraction of sp³-hybridized carbons (Fsp3) is 0.812. The molecule has 23 heteroatoms. The SMILES string of the molecule is C=C(C)C(=O)OCCC(F)(F)C(F)(F)C(F)(F)C(F)(F)C(F)(F)C(F)(F)C(F)(F)C(F)(F)C(F)(F)C(F)(F)F. The van der Waals surface area contributed by atoms with Gasteiger partial charge in [-0.25, -0.2) is 4.79 Å². The van der Waals surface area contributed by atoms with Gasteiger partial charge in [-0.1, -0.05) is 6.58 Å². The van der Waals surface area contributed by atoms with Gasteiger partial charge in [0.15, 0.2) is 0 Å². The minimum absolute atomic E-state index is 0.683. The first-order valence-corrected chi connectivity index (χ1v) is 8.87. The molecule has 0 saturated heterocycles. The van der Waals surface area contributed by atoms with Crippen LogP contribution in [0.5, 0.6) is 0 Å². The number of rotatable bonds is 12. The van der Waals surface area contributed by atoms with Crippen molar-refractivity contribution in [1.29, 1.82) is 0 Å². The smallest absolute Gasteiger partial charge is 0.460 e. The van der Waals surface area contributed by atoms with Gasteiger partial charge in [-0.2, -0.15) is 92.2 Å². The maximum Gasteiger partial charge on any atom is 0.460 e. The van der Waals surface area contributed by atoms with Crippen LogP contribution in [0.4, 0.5) is 92.2 Å². The van der Waals surface area contributed by atoms with Crippen LogP contribution in [0.1, 0.15) is 13.3 Å². The molecule has 0 spiro atoms. The number of alkyl halides is 21. The first-order valence-electron chi connectivity index (χ1n) is 8.87. The number of esters is 1. The van der Waals surface area contributed by atoms with Gasteiger partial charge in [-0.15, -0.1) is 0 Å². The molecule has 0 saturated carbocycles. The van der Waals surface area contributed by atoms with Crippen LogP contribution >= 0.6 is 0 Å². The molecule has 0 aromatic carbocycles. The van der Waals surface area contributed by atoms with Gasteiger partial charge in [0.25, 0.3) is 0 Å². The maximum absolute atomic E-state index is 13.6. The maximum atomic E-state index is 13.6. The zero-order valence-corrected chi connectivity index (χ0v) is 17.9. The third-order valence-corrected chi connectivity index (χ3v) is 4.57. The minimum atomic E-state index is -9.21. The molecule has 232 valence electrons. The van der Waals surface area contributed by atoms with Crippen LogP contribution in [-0.2, 0) is 9.53 Å². The lowest BCUT2D eigenvalue weighted by molar-refractivity contribution is -0.474. The van der Waals surface area contributed by atoms with E-state index in [1.807, 2.05) is 0 Å². The molecule has 0 aromatic rings. The number of carbonyl (C=O) groups excluding carboxylic acids is 1. The molecule has 0 rings (SSSR count). The normalized spacial score (nSPS) is 15.8.